The van der Waals surface area contributed by atoms with Crippen LogP contribution < -0.4 is 4.90 Å². The number of carbonyl (C=O) groups is 2. The highest BCUT2D eigenvalue weighted by Crippen LogP contribution is 2.61. The normalized spacial score (nSPS) is 26.3. The van der Waals surface area contributed by atoms with E-state index >= 15 is 0 Å². The largest absolute Gasteiger partial charge is 0.506 e. The number of aromatic hydroxyl groups is 1. The van der Waals surface area contributed by atoms with Crippen LogP contribution in [0.25, 0.3) is 0 Å². The van der Waals surface area contributed by atoms with Crippen LogP contribution in [-0.4, -0.2) is 16.9 Å². The van der Waals surface area contributed by atoms with Crippen LogP contribution >= 0.6 is 11.6 Å². The molecule has 3 aromatic rings. The molecule has 142 valence electrons. The van der Waals surface area contributed by atoms with Crippen molar-refractivity contribution in [1.82, 2.24) is 0 Å². The molecule has 2 amide bonds. The number of hydrogen-bond acceptors (Lipinski definition) is 3. The highest BCUT2D eigenvalue weighted by molar-refractivity contribution is 6.31. The van der Waals surface area contributed by atoms with Gasteiger partial charge in [0.2, 0.25) is 11.8 Å². The number of rotatable bonds is 1. The van der Waals surface area contributed by atoms with Gasteiger partial charge in [0.15, 0.2) is 0 Å². The molecule has 1 heterocycles. The molecule has 0 aromatic heterocycles. The number of nitrogens with zero attached hydrogens (tertiary/aromatic N) is 1. The third-order valence-electron chi connectivity index (χ3n) is 6.63. The number of phenolic OH excluding ortho intramolecular Hbond substituents is 1. The van der Waals surface area contributed by atoms with Gasteiger partial charge in [-0.05, 0) is 40.5 Å². The van der Waals surface area contributed by atoms with Crippen molar-refractivity contribution in [2.24, 2.45) is 11.8 Å². The summed E-state index contributed by atoms with van der Waals surface area (Å²) in [5.74, 6) is -1.95. The minimum atomic E-state index is -0.476. The highest BCUT2D eigenvalue weighted by Gasteiger charge is 2.62. The molecule has 2 bridgehead atoms. The first-order chi connectivity index (χ1) is 14.1. The van der Waals surface area contributed by atoms with Crippen molar-refractivity contribution >= 4 is 29.1 Å². The van der Waals surface area contributed by atoms with Gasteiger partial charge in [-0.3, -0.25) is 9.59 Å². The molecule has 2 atom stereocenters. The summed E-state index contributed by atoms with van der Waals surface area (Å²) in [7, 11) is 0. The van der Waals surface area contributed by atoms with Crippen LogP contribution in [0.1, 0.15) is 34.1 Å². The fraction of sp³-hybridized carbons (Fsp3) is 0.167. The second-order valence-electron chi connectivity index (χ2n) is 7.91. The van der Waals surface area contributed by atoms with Crippen LogP contribution in [0.4, 0.5) is 5.69 Å². The standard InChI is InChI=1S/C24H16ClNO3/c25-12-9-10-18(27)17(11-12)26-23(28)21-19-13-5-1-2-6-14(13)20(22(21)24(26)29)16-8-4-3-7-15(16)19/h1-11,19-22,27H/t19?,20?,21-,22-/m1/s1. The number of halogens is 1. The van der Waals surface area contributed by atoms with Crippen LogP contribution in [0, 0.1) is 11.8 Å². The van der Waals surface area contributed by atoms with Crippen molar-refractivity contribution in [2.45, 2.75) is 11.8 Å². The number of anilines is 1. The molecular formula is C24H16ClNO3. The van der Waals surface area contributed by atoms with E-state index in [1.54, 1.807) is 0 Å². The fourth-order valence-electron chi connectivity index (χ4n) is 5.59. The van der Waals surface area contributed by atoms with E-state index in [1.165, 1.54) is 18.2 Å². The van der Waals surface area contributed by atoms with Crippen molar-refractivity contribution < 1.29 is 14.7 Å². The summed E-state index contributed by atoms with van der Waals surface area (Å²) >= 11 is 6.10. The Labute approximate surface area is 172 Å². The first kappa shape index (κ1) is 16.8. The van der Waals surface area contributed by atoms with E-state index in [9.17, 15) is 14.7 Å². The van der Waals surface area contributed by atoms with E-state index < -0.39 is 11.8 Å². The summed E-state index contributed by atoms with van der Waals surface area (Å²) in [4.78, 5) is 28.3. The van der Waals surface area contributed by atoms with Gasteiger partial charge in [-0.15, -0.1) is 0 Å². The summed E-state index contributed by atoms with van der Waals surface area (Å²) in [5, 5.41) is 10.7. The van der Waals surface area contributed by atoms with Gasteiger partial charge in [0.25, 0.3) is 0 Å². The van der Waals surface area contributed by atoms with Crippen molar-refractivity contribution in [3.63, 3.8) is 0 Å². The molecule has 7 rings (SSSR count). The molecule has 0 saturated carbocycles. The SMILES string of the molecule is O=C1[C@@H]2C3c4ccccc4C(c4ccccc43)[C@H]2C(=O)N1c1cc(Cl)ccc1O. The van der Waals surface area contributed by atoms with Crippen molar-refractivity contribution in [2.75, 3.05) is 4.90 Å². The number of imide groups is 1. The topological polar surface area (TPSA) is 57.6 Å². The molecule has 3 aromatic carbocycles. The van der Waals surface area contributed by atoms with Gasteiger partial charge in [0, 0.05) is 16.9 Å². The minimum absolute atomic E-state index is 0.128. The van der Waals surface area contributed by atoms with Crippen LogP contribution in [0.3, 0.4) is 0 Å². The second kappa shape index (κ2) is 5.71. The molecule has 29 heavy (non-hydrogen) atoms. The van der Waals surface area contributed by atoms with E-state index in [0.29, 0.717) is 5.02 Å². The van der Waals surface area contributed by atoms with Crippen LogP contribution in [0.2, 0.25) is 5.02 Å². The lowest BCUT2D eigenvalue weighted by molar-refractivity contribution is -0.122. The fourth-order valence-corrected chi connectivity index (χ4v) is 5.76. The molecule has 1 fully saturated rings. The Morgan fingerprint density at radius 3 is 1.62 bits per heavy atom. The predicted molar refractivity (Wildman–Crippen MR) is 109 cm³/mol. The molecule has 3 aliphatic carbocycles. The van der Waals surface area contributed by atoms with Gasteiger partial charge in [-0.25, -0.2) is 4.90 Å². The second-order valence-corrected chi connectivity index (χ2v) is 8.35. The number of hydrogen-bond donors (Lipinski definition) is 1. The summed E-state index contributed by atoms with van der Waals surface area (Å²) in [6, 6.07) is 20.6. The van der Waals surface area contributed by atoms with E-state index in [1.807, 2.05) is 24.3 Å². The van der Waals surface area contributed by atoms with Crippen LogP contribution in [0.15, 0.2) is 66.7 Å². The van der Waals surface area contributed by atoms with Gasteiger partial charge < -0.3 is 5.11 Å². The molecule has 0 radical (unpaired) electrons. The van der Waals surface area contributed by atoms with Crippen molar-refractivity contribution in [3.8, 4) is 5.75 Å². The Kier molecular flexibility index (Phi) is 3.31. The Morgan fingerprint density at radius 2 is 1.17 bits per heavy atom. The third-order valence-corrected chi connectivity index (χ3v) is 6.86. The summed E-state index contributed by atoms with van der Waals surface area (Å²) in [5.41, 5.74) is 4.65. The first-order valence-corrected chi connectivity index (χ1v) is 9.99. The molecule has 5 heteroatoms. The van der Waals surface area contributed by atoms with Gasteiger partial charge in [0.1, 0.15) is 5.75 Å². The quantitative estimate of drug-likeness (QED) is 0.613. The maximum absolute atomic E-state index is 13.6. The van der Waals surface area contributed by atoms with Crippen molar-refractivity contribution in [3.05, 3.63) is 94.0 Å². The number of benzene rings is 3. The molecule has 4 nitrogen and oxygen atoms in total. The molecule has 0 unspecified atom stereocenters. The number of amides is 2. The molecular weight excluding hydrogens is 386 g/mol. The summed E-state index contributed by atoms with van der Waals surface area (Å²) in [6.07, 6.45) is 0. The molecule has 1 N–H and O–H groups in total. The molecule has 4 aliphatic rings. The predicted octanol–water partition coefficient (Wildman–Crippen LogP) is 4.44. The monoisotopic (exact) mass is 401 g/mol. The summed E-state index contributed by atoms with van der Waals surface area (Å²) in [6.45, 7) is 0. The lowest BCUT2D eigenvalue weighted by Gasteiger charge is -2.45. The van der Waals surface area contributed by atoms with Crippen LogP contribution in [-0.2, 0) is 9.59 Å². The highest BCUT2D eigenvalue weighted by atomic mass is 35.5. The Morgan fingerprint density at radius 1 is 0.724 bits per heavy atom. The van der Waals surface area contributed by atoms with Gasteiger partial charge >= 0.3 is 0 Å². The molecule has 1 aliphatic heterocycles. The van der Waals surface area contributed by atoms with Gasteiger partial charge in [-0.2, -0.15) is 0 Å². The lowest BCUT2D eigenvalue weighted by Crippen LogP contribution is -2.41. The van der Waals surface area contributed by atoms with Crippen LogP contribution in [0.5, 0.6) is 5.75 Å². The third kappa shape index (κ3) is 2.04. The minimum Gasteiger partial charge on any atom is -0.506 e. The molecule has 1 saturated heterocycles. The lowest BCUT2D eigenvalue weighted by atomic mass is 9.55. The van der Waals surface area contributed by atoms with Gasteiger partial charge in [-0.1, -0.05) is 60.1 Å². The zero-order chi connectivity index (χ0) is 19.9. The zero-order valence-electron chi connectivity index (χ0n) is 15.2. The average molecular weight is 402 g/mol. The number of phenols is 1. The Hall–Kier alpha value is -3.11. The van der Waals surface area contributed by atoms with E-state index in [0.717, 1.165) is 27.2 Å². The maximum atomic E-state index is 13.6. The Bertz CT molecular complexity index is 1100. The average Bonchev–Trinajstić information content (AvgIpc) is 3.01. The number of carbonyl (C=O) groups excluding carboxylic acids is 2. The van der Waals surface area contributed by atoms with E-state index in [2.05, 4.69) is 24.3 Å². The van der Waals surface area contributed by atoms with E-state index in [-0.39, 0.29) is 35.1 Å². The smallest absolute Gasteiger partial charge is 0.238 e. The maximum Gasteiger partial charge on any atom is 0.238 e. The summed E-state index contributed by atoms with van der Waals surface area (Å²) < 4.78 is 0. The molecule has 0 spiro atoms. The van der Waals surface area contributed by atoms with Crippen molar-refractivity contribution in [1.29, 1.82) is 0 Å². The van der Waals surface area contributed by atoms with E-state index in [4.69, 9.17) is 11.6 Å². The van der Waals surface area contributed by atoms with Gasteiger partial charge in [0.05, 0.1) is 17.5 Å². The first-order valence-electron chi connectivity index (χ1n) is 9.62. The zero-order valence-corrected chi connectivity index (χ0v) is 16.0. The Balaban J connectivity index is 1.58.